The number of rotatable bonds is 5. The molecule has 3 nitrogen and oxygen atoms in total. The van der Waals surface area contributed by atoms with Crippen LogP contribution in [0.4, 0.5) is 11.4 Å². The zero-order valence-electron chi connectivity index (χ0n) is 14.0. The molecule has 0 bridgehead atoms. The minimum Gasteiger partial charge on any atom is -0.508 e. The van der Waals surface area contributed by atoms with Gasteiger partial charge in [-0.1, -0.05) is 36.4 Å². The van der Waals surface area contributed by atoms with Crippen molar-refractivity contribution in [2.24, 2.45) is 0 Å². The maximum Gasteiger partial charge on any atom is 0.115 e. The first kappa shape index (κ1) is 15.9. The summed E-state index contributed by atoms with van der Waals surface area (Å²) in [6, 6.07) is 24.4. The van der Waals surface area contributed by atoms with E-state index in [0.717, 1.165) is 16.9 Å². The average Bonchev–Trinajstić information content (AvgIpc) is 2.64. The molecule has 0 saturated carbocycles. The summed E-state index contributed by atoms with van der Waals surface area (Å²) in [6.07, 6.45) is 0. The molecule has 0 amide bonds. The molecule has 24 heavy (non-hydrogen) atoms. The van der Waals surface area contributed by atoms with Gasteiger partial charge in [-0.25, -0.2) is 0 Å². The molecule has 3 heteroatoms. The maximum absolute atomic E-state index is 9.60. The van der Waals surface area contributed by atoms with Crippen LogP contribution in [0.2, 0.25) is 0 Å². The number of aromatic hydroxyl groups is 1. The highest BCUT2D eigenvalue weighted by molar-refractivity contribution is 5.52. The SMILES string of the molecule is CNc1ccc(C(c2ccc(O)cc2)c2ccc(NC)cc2)cc1. The van der Waals surface area contributed by atoms with Gasteiger partial charge in [0, 0.05) is 31.4 Å². The van der Waals surface area contributed by atoms with E-state index in [4.69, 9.17) is 0 Å². The van der Waals surface area contributed by atoms with Crippen molar-refractivity contribution in [3.05, 3.63) is 89.5 Å². The smallest absolute Gasteiger partial charge is 0.115 e. The number of phenols is 1. The Kier molecular flexibility index (Phi) is 4.71. The van der Waals surface area contributed by atoms with Crippen molar-refractivity contribution in [2.45, 2.75) is 5.92 Å². The molecule has 0 heterocycles. The van der Waals surface area contributed by atoms with Crippen LogP contribution in [0.3, 0.4) is 0 Å². The maximum atomic E-state index is 9.60. The lowest BCUT2D eigenvalue weighted by molar-refractivity contribution is 0.475. The van der Waals surface area contributed by atoms with Crippen molar-refractivity contribution < 1.29 is 5.11 Å². The molecule has 0 saturated heterocycles. The standard InChI is InChI=1S/C21H22N2O/c1-22-18-9-3-15(4-10-18)21(17-7-13-20(24)14-8-17)16-5-11-19(23-2)12-6-16/h3-14,21-24H,1-2H3. The lowest BCUT2D eigenvalue weighted by Gasteiger charge is -2.20. The monoisotopic (exact) mass is 318 g/mol. The minimum atomic E-state index is 0.127. The summed E-state index contributed by atoms with van der Waals surface area (Å²) in [4.78, 5) is 0. The summed E-state index contributed by atoms with van der Waals surface area (Å²) < 4.78 is 0. The van der Waals surface area contributed by atoms with Gasteiger partial charge in [-0.15, -0.1) is 0 Å². The Morgan fingerprint density at radius 2 is 0.917 bits per heavy atom. The molecule has 0 aliphatic rings. The summed E-state index contributed by atoms with van der Waals surface area (Å²) in [5.74, 6) is 0.413. The van der Waals surface area contributed by atoms with E-state index < -0.39 is 0 Å². The van der Waals surface area contributed by atoms with Gasteiger partial charge in [0.05, 0.1) is 0 Å². The van der Waals surface area contributed by atoms with Crippen molar-refractivity contribution >= 4 is 11.4 Å². The second-order valence-corrected chi connectivity index (χ2v) is 5.77. The van der Waals surface area contributed by atoms with Crippen molar-refractivity contribution in [1.82, 2.24) is 0 Å². The first-order chi connectivity index (χ1) is 11.7. The fourth-order valence-electron chi connectivity index (χ4n) is 2.93. The van der Waals surface area contributed by atoms with Crippen LogP contribution in [0.1, 0.15) is 22.6 Å². The van der Waals surface area contributed by atoms with Gasteiger partial charge in [0.15, 0.2) is 0 Å². The lowest BCUT2D eigenvalue weighted by atomic mass is 9.85. The number of anilines is 2. The molecule has 0 aromatic heterocycles. The Hall–Kier alpha value is -2.94. The molecule has 3 aromatic carbocycles. The van der Waals surface area contributed by atoms with E-state index in [2.05, 4.69) is 59.2 Å². The number of nitrogens with one attached hydrogen (secondary N) is 2. The molecule has 0 unspecified atom stereocenters. The summed E-state index contributed by atoms with van der Waals surface area (Å²) >= 11 is 0. The molecular formula is C21H22N2O. The third-order valence-corrected chi connectivity index (χ3v) is 4.29. The van der Waals surface area contributed by atoms with Gasteiger partial charge in [0.1, 0.15) is 5.75 Å². The molecule has 0 atom stereocenters. The Labute approximate surface area is 143 Å². The van der Waals surface area contributed by atoms with Gasteiger partial charge in [-0.3, -0.25) is 0 Å². The van der Waals surface area contributed by atoms with Crippen LogP contribution < -0.4 is 10.6 Å². The fraction of sp³-hybridized carbons (Fsp3) is 0.143. The number of benzene rings is 3. The van der Waals surface area contributed by atoms with Gasteiger partial charge in [0.25, 0.3) is 0 Å². The first-order valence-electron chi connectivity index (χ1n) is 8.05. The molecule has 3 rings (SSSR count). The largest absolute Gasteiger partial charge is 0.508 e. The van der Waals surface area contributed by atoms with E-state index >= 15 is 0 Å². The molecule has 0 fully saturated rings. The normalized spacial score (nSPS) is 10.6. The molecule has 3 aromatic rings. The van der Waals surface area contributed by atoms with E-state index in [-0.39, 0.29) is 11.7 Å². The van der Waals surface area contributed by atoms with Crippen LogP contribution in [0.25, 0.3) is 0 Å². The zero-order chi connectivity index (χ0) is 16.9. The average molecular weight is 318 g/mol. The third-order valence-electron chi connectivity index (χ3n) is 4.29. The predicted molar refractivity (Wildman–Crippen MR) is 101 cm³/mol. The van der Waals surface area contributed by atoms with E-state index in [0.29, 0.717) is 0 Å². The molecule has 122 valence electrons. The topological polar surface area (TPSA) is 44.3 Å². The summed E-state index contributed by atoms with van der Waals surface area (Å²) in [7, 11) is 3.84. The highest BCUT2D eigenvalue weighted by Crippen LogP contribution is 2.33. The summed E-state index contributed by atoms with van der Waals surface area (Å²) in [5.41, 5.74) is 5.78. The second-order valence-electron chi connectivity index (χ2n) is 5.77. The van der Waals surface area contributed by atoms with E-state index in [9.17, 15) is 5.11 Å². The fourth-order valence-corrected chi connectivity index (χ4v) is 2.93. The van der Waals surface area contributed by atoms with E-state index in [1.54, 1.807) is 12.1 Å². The van der Waals surface area contributed by atoms with Crippen molar-refractivity contribution in [2.75, 3.05) is 24.7 Å². The number of phenolic OH excluding ortho intramolecular Hbond substituents is 1. The van der Waals surface area contributed by atoms with Crippen molar-refractivity contribution in [3.63, 3.8) is 0 Å². The third kappa shape index (κ3) is 3.35. The van der Waals surface area contributed by atoms with Crippen LogP contribution in [-0.2, 0) is 0 Å². The predicted octanol–water partition coefficient (Wildman–Crippen LogP) is 4.66. The van der Waals surface area contributed by atoms with Crippen molar-refractivity contribution in [3.8, 4) is 5.75 Å². The summed E-state index contributed by atoms with van der Waals surface area (Å²) in [5, 5.41) is 15.9. The molecule has 0 spiro atoms. The van der Waals surface area contributed by atoms with Gasteiger partial charge >= 0.3 is 0 Å². The first-order valence-corrected chi connectivity index (χ1v) is 8.05. The number of hydrogen-bond donors (Lipinski definition) is 3. The van der Waals surface area contributed by atoms with Crippen LogP contribution in [-0.4, -0.2) is 19.2 Å². The van der Waals surface area contributed by atoms with E-state index in [1.165, 1.54) is 11.1 Å². The summed E-state index contributed by atoms with van der Waals surface area (Å²) in [6.45, 7) is 0. The second kappa shape index (κ2) is 7.09. The lowest BCUT2D eigenvalue weighted by Crippen LogP contribution is -2.04. The van der Waals surface area contributed by atoms with Gasteiger partial charge in [0.2, 0.25) is 0 Å². The molecule has 0 aliphatic heterocycles. The van der Waals surface area contributed by atoms with Gasteiger partial charge in [-0.2, -0.15) is 0 Å². The Bertz CT molecular complexity index is 730. The zero-order valence-corrected chi connectivity index (χ0v) is 14.0. The van der Waals surface area contributed by atoms with Crippen LogP contribution in [0, 0.1) is 0 Å². The van der Waals surface area contributed by atoms with Crippen LogP contribution >= 0.6 is 0 Å². The highest BCUT2D eigenvalue weighted by atomic mass is 16.3. The Morgan fingerprint density at radius 1 is 0.583 bits per heavy atom. The highest BCUT2D eigenvalue weighted by Gasteiger charge is 2.16. The molecule has 0 radical (unpaired) electrons. The van der Waals surface area contributed by atoms with Crippen LogP contribution in [0.5, 0.6) is 5.75 Å². The van der Waals surface area contributed by atoms with Crippen LogP contribution in [0.15, 0.2) is 72.8 Å². The molecular weight excluding hydrogens is 296 g/mol. The Balaban J connectivity index is 2.06. The van der Waals surface area contributed by atoms with Gasteiger partial charge in [-0.05, 0) is 53.1 Å². The number of hydrogen-bond acceptors (Lipinski definition) is 3. The van der Waals surface area contributed by atoms with Gasteiger partial charge < -0.3 is 15.7 Å². The Morgan fingerprint density at radius 3 is 1.25 bits per heavy atom. The molecule has 3 N–H and O–H groups in total. The van der Waals surface area contributed by atoms with E-state index in [1.807, 2.05) is 26.2 Å². The quantitative estimate of drug-likeness (QED) is 0.600. The molecule has 0 aliphatic carbocycles. The minimum absolute atomic E-state index is 0.127. The van der Waals surface area contributed by atoms with Crippen molar-refractivity contribution in [1.29, 1.82) is 0 Å².